The Balaban J connectivity index is 1.77. The Bertz CT molecular complexity index is 1450. The summed E-state index contributed by atoms with van der Waals surface area (Å²) >= 11 is 0. The predicted octanol–water partition coefficient (Wildman–Crippen LogP) is 3.87. The summed E-state index contributed by atoms with van der Waals surface area (Å²) in [5.74, 6) is -0.488. The Morgan fingerprint density at radius 1 is 1.28 bits per heavy atom. The van der Waals surface area contributed by atoms with Crippen LogP contribution in [-0.4, -0.2) is 54.3 Å². The number of nitrogens with one attached hydrogen (secondary N) is 2. The molecule has 0 saturated carbocycles. The van der Waals surface area contributed by atoms with Crippen LogP contribution < -0.4 is 14.8 Å². The number of hydrogen-bond donors (Lipinski definition) is 2. The quantitative estimate of drug-likeness (QED) is 0.266. The minimum absolute atomic E-state index is 0.0629. The molecule has 0 unspecified atom stereocenters. The zero-order valence-corrected chi connectivity index (χ0v) is 22.7. The fraction of sp³-hybridized carbons (Fsp3) is 0.385. The highest BCUT2D eigenvalue weighted by Gasteiger charge is 2.29. The van der Waals surface area contributed by atoms with Gasteiger partial charge in [-0.25, -0.2) is 13.1 Å². The number of non-ortho nitro benzene ring substituents is 1. The average Bonchev–Trinajstić information content (AvgIpc) is 3.56. The highest BCUT2D eigenvalue weighted by molar-refractivity contribution is 7.89. The van der Waals surface area contributed by atoms with Crippen molar-refractivity contribution < 1.29 is 27.6 Å². The Morgan fingerprint density at radius 3 is 2.67 bits per heavy atom. The molecule has 0 aliphatic carbocycles. The van der Waals surface area contributed by atoms with Crippen molar-refractivity contribution in [1.29, 1.82) is 0 Å². The molecule has 3 aromatic rings. The van der Waals surface area contributed by atoms with E-state index in [9.17, 15) is 23.3 Å². The summed E-state index contributed by atoms with van der Waals surface area (Å²) in [7, 11) is -4.20. The van der Waals surface area contributed by atoms with Gasteiger partial charge < -0.3 is 14.8 Å². The topological polar surface area (TPSA) is 155 Å². The molecule has 2 heterocycles. The number of sulfonamides is 1. The van der Waals surface area contributed by atoms with E-state index < -0.39 is 37.5 Å². The molecule has 1 aliphatic heterocycles. The number of carbonyl (C=O) groups is 1. The van der Waals surface area contributed by atoms with Gasteiger partial charge in [0.05, 0.1) is 16.7 Å². The normalized spacial score (nSPS) is 16.1. The SMILES string of the molecule is CC[C@@H](C)NS(=O)(=O)c1cc([N+](=O)[O-])ccc1Oc1c(C)c(C(=O)NC[C@H]2CCCO2)nn1-c1ccccc1. The third-order valence-corrected chi connectivity index (χ3v) is 8.01. The molecule has 2 N–H and O–H groups in total. The van der Waals surface area contributed by atoms with Gasteiger partial charge in [-0.3, -0.25) is 14.9 Å². The first-order valence-corrected chi connectivity index (χ1v) is 14.1. The van der Waals surface area contributed by atoms with Gasteiger partial charge in [0.2, 0.25) is 15.9 Å². The highest BCUT2D eigenvalue weighted by Crippen LogP contribution is 2.35. The monoisotopic (exact) mass is 557 g/mol. The van der Waals surface area contributed by atoms with Crippen molar-refractivity contribution in [1.82, 2.24) is 19.8 Å². The fourth-order valence-corrected chi connectivity index (χ4v) is 5.55. The van der Waals surface area contributed by atoms with Crippen molar-refractivity contribution >= 4 is 21.6 Å². The van der Waals surface area contributed by atoms with Crippen LogP contribution in [0.25, 0.3) is 5.69 Å². The molecular formula is C26H31N5O7S. The molecule has 1 aromatic heterocycles. The minimum Gasteiger partial charge on any atom is -0.437 e. The van der Waals surface area contributed by atoms with Gasteiger partial charge in [0.15, 0.2) is 5.69 Å². The number of hydrogen-bond acceptors (Lipinski definition) is 8. The number of nitrogens with zero attached hydrogens (tertiary/aromatic N) is 3. The van der Waals surface area contributed by atoms with Crippen LogP contribution in [0.2, 0.25) is 0 Å². The lowest BCUT2D eigenvalue weighted by Crippen LogP contribution is -2.32. The lowest BCUT2D eigenvalue weighted by Gasteiger charge is -2.16. The second-order valence-electron chi connectivity index (χ2n) is 9.29. The predicted molar refractivity (Wildman–Crippen MR) is 143 cm³/mol. The molecule has 0 radical (unpaired) electrons. The first-order chi connectivity index (χ1) is 18.6. The first kappa shape index (κ1) is 28.2. The molecule has 4 rings (SSSR count). The van der Waals surface area contributed by atoms with Crippen LogP contribution in [0.4, 0.5) is 5.69 Å². The zero-order valence-electron chi connectivity index (χ0n) is 21.9. The Kier molecular flexibility index (Phi) is 8.63. The van der Waals surface area contributed by atoms with Crippen molar-refractivity contribution in [3.05, 3.63) is 69.9 Å². The lowest BCUT2D eigenvalue weighted by atomic mass is 10.2. The van der Waals surface area contributed by atoms with Gasteiger partial charge in [0.25, 0.3) is 11.6 Å². The summed E-state index contributed by atoms with van der Waals surface area (Å²) in [6, 6.07) is 11.8. The van der Waals surface area contributed by atoms with E-state index >= 15 is 0 Å². The van der Waals surface area contributed by atoms with E-state index in [4.69, 9.17) is 9.47 Å². The molecule has 0 spiro atoms. The molecular weight excluding hydrogens is 526 g/mol. The van der Waals surface area contributed by atoms with Crippen LogP contribution in [0.5, 0.6) is 11.6 Å². The van der Waals surface area contributed by atoms with Crippen LogP contribution in [0, 0.1) is 17.0 Å². The fourth-order valence-electron chi connectivity index (χ4n) is 4.08. The molecule has 208 valence electrons. The van der Waals surface area contributed by atoms with E-state index in [1.807, 2.05) is 13.0 Å². The van der Waals surface area contributed by atoms with Crippen molar-refractivity contribution in [3.8, 4) is 17.3 Å². The number of aromatic nitrogens is 2. The Morgan fingerprint density at radius 2 is 2.03 bits per heavy atom. The summed E-state index contributed by atoms with van der Waals surface area (Å²) in [4.78, 5) is 23.5. The Hall–Kier alpha value is -3.81. The van der Waals surface area contributed by atoms with Crippen LogP contribution in [0.15, 0.2) is 53.4 Å². The largest absolute Gasteiger partial charge is 0.437 e. The molecule has 13 heteroatoms. The van der Waals surface area contributed by atoms with Gasteiger partial charge in [-0.2, -0.15) is 9.78 Å². The number of nitro groups is 1. The number of para-hydroxylation sites is 1. The number of rotatable bonds is 11. The summed E-state index contributed by atoms with van der Waals surface area (Å²) < 4.78 is 42.1. The first-order valence-electron chi connectivity index (χ1n) is 12.6. The lowest BCUT2D eigenvalue weighted by molar-refractivity contribution is -0.385. The van der Waals surface area contributed by atoms with E-state index in [0.717, 1.165) is 25.0 Å². The smallest absolute Gasteiger partial charge is 0.272 e. The van der Waals surface area contributed by atoms with Gasteiger partial charge >= 0.3 is 0 Å². The molecule has 1 saturated heterocycles. The second-order valence-corrected chi connectivity index (χ2v) is 11.0. The van der Waals surface area contributed by atoms with Gasteiger partial charge in [0.1, 0.15) is 10.6 Å². The second kappa shape index (κ2) is 11.9. The van der Waals surface area contributed by atoms with Gasteiger partial charge in [-0.1, -0.05) is 25.1 Å². The molecule has 2 atom stereocenters. The zero-order chi connectivity index (χ0) is 28.2. The van der Waals surface area contributed by atoms with E-state index in [0.29, 0.717) is 30.8 Å². The number of nitro benzene ring substituents is 1. The Labute approximate surface area is 226 Å². The summed E-state index contributed by atoms with van der Waals surface area (Å²) in [6.45, 7) is 6.13. The van der Waals surface area contributed by atoms with E-state index in [2.05, 4.69) is 15.1 Å². The summed E-state index contributed by atoms with van der Waals surface area (Å²) in [5, 5.41) is 18.8. The molecule has 39 heavy (non-hydrogen) atoms. The van der Waals surface area contributed by atoms with Crippen molar-refractivity contribution in [3.63, 3.8) is 0 Å². The van der Waals surface area contributed by atoms with Crippen LogP contribution in [-0.2, 0) is 14.8 Å². The van der Waals surface area contributed by atoms with E-state index in [1.165, 1.54) is 10.7 Å². The van der Waals surface area contributed by atoms with Crippen molar-refractivity contribution in [2.24, 2.45) is 0 Å². The van der Waals surface area contributed by atoms with E-state index in [-0.39, 0.29) is 23.4 Å². The van der Waals surface area contributed by atoms with E-state index in [1.54, 1.807) is 38.1 Å². The van der Waals surface area contributed by atoms with Crippen molar-refractivity contribution in [2.45, 2.75) is 57.1 Å². The molecule has 12 nitrogen and oxygen atoms in total. The maximum atomic E-state index is 13.2. The molecule has 1 fully saturated rings. The van der Waals surface area contributed by atoms with Crippen LogP contribution >= 0.6 is 0 Å². The van der Waals surface area contributed by atoms with Gasteiger partial charge in [0, 0.05) is 36.9 Å². The third kappa shape index (κ3) is 6.44. The average molecular weight is 558 g/mol. The maximum absolute atomic E-state index is 13.2. The number of benzene rings is 2. The third-order valence-electron chi connectivity index (χ3n) is 6.40. The standard InChI is InChI=1S/C26H31N5O7S/c1-4-17(2)29-39(35,36)23-15-20(31(33)34)12-13-22(23)38-26-18(3)24(25(32)27-16-21-11-8-14-37-21)28-30(26)19-9-6-5-7-10-19/h5-7,9-10,12-13,15,17,21,29H,4,8,11,14,16H2,1-3H3,(H,27,32)/t17-,21-/m1/s1. The van der Waals surface area contributed by atoms with Gasteiger partial charge in [-0.15, -0.1) is 0 Å². The highest BCUT2D eigenvalue weighted by atomic mass is 32.2. The molecule has 2 aromatic carbocycles. The number of carbonyl (C=O) groups excluding carboxylic acids is 1. The van der Waals surface area contributed by atoms with Crippen molar-refractivity contribution in [2.75, 3.05) is 13.2 Å². The molecule has 1 aliphatic rings. The summed E-state index contributed by atoms with van der Waals surface area (Å²) in [5.41, 5.74) is 0.614. The molecule has 0 bridgehead atoms. The maximum Gasteiger partial charge on any atom is 0.272 e. The van der Waals surface area contributed by atoms with Crippen LogP contribution in [0.1, 0.15) is 49.2 Å². The molecule has 1 amide bonds. The number of amides is 1. The number of ether oxygens (including phenoxy) is 2. The minimum atomic E-state index is -4.20. The summed E-state index contributed by atoms with van der Waals surface area (Å²) in [6.07, 6.45) is 2.24. The van der Waals surface area contributed by atoms with Gasteiger partial charge in [-0.05, 0) is 51.3 Å². The van der Waals surface area contributed by atoms with Crippen LogP contribution in [0.3, 0.4) is 0 Å².